The molecule has 9 nitrogen and oxygen atoms in total. The number of hydrogen-bond donors (Lipinski definition) is 0. The van der Waals surface area contributed by atoms with Crippen molar-refractivity contribution < 1.29 is 14.3 Å². The van der Waals surface area contributed by atoms with E-state index in [4.69, 9.17) is 15.0 Å². The van der Waals surface area contributed by atoms with Gasteiger partial charge in [-0.05, 0) is 10.6 Å². The third kappa shape index (κ3) is 3.66. The second-order valence-electron chi connectivity index (χ2n) is 4.67. The van der Waals surface area contributed by atoms with Crippen molar-refractivity contribution in [1.82, 2.24) is 9.55 Å². The Bertz CT molecular complexity index is 824. The minimum atomic E-state index is -0.991. The van der Waals surface area contributed by atoms with Crippen molar-refractivity contribution in [2.75, 3.05) is 14.2 Å². The lowest BCUT2D eigenvalue weighted by Crippen LogP contribution is -2.33. The van der Waals surface area contributed by atoms with Crippen LogP contribution in [0.1, 0.15) is 10.4 Å². The zero-order valence-electron chi connectivity index (χ0n) is 13.1. The largest absolute Gasteiger partial charge is 0.354 e. The van der Waals surface area contributed by atoms with Gasteiger partial charge in [0, 0.05) is 30.9 Å². The summed E-state index contributed by atoms with van der Waals surface area (Å²) in [5, 5.41) is 2.94. The molecule has 0 aliphatic heterocycles. The Morgan fingerprint density at radius 1 is 1.33 bits per heavy atom. The molecule has 9 heteroatoms. The fraction of sp³-hybridized carbons (Fsp3) is 0.267. The van der Waals surface area contributed by atoms with Crippen LogP contribution < -0.4 is 5.56 Å². The van der Waals surface area contributed by atoms with Gasteiger partial charge in [0.2, 0.25) is 0 Å². The maximum Gasteiger partial charge on any atom is 0.265 e. The summed E-state index contributed by atoms with van der Waals surface area (Å²) in [7, 11) is 2.87. The molecule has 0 saturated carbocycles. The summed E-state index contributed by atoms with van der Waals surface area (Å²) in [5.41, 5.74) is 8.10. The lowest BCUT2D eigenvalue weighted by atomic mass is 10.2. The number of azide groups is 1. The van der Waals surface area contributed by atoms with Crippen LogP contribution in [0, 0.1) is 0 Å². The standard InChI is InChI=1S/C15H15N5O4/c1-23-12(24-2)9-20-13(10-6-4-3-5-7-10)17-8-11(15(20)22)14(21)18-19-16/h3-8,12H,9H2,1-2H3. The van der Waals surface area contributed by atoms with E-state index in [1.165, 1.54) is 18.8 Å². The Labute approximate surface area is 137 Å². The van der Waals surface area contributed by atoms with Crippen molar-refractivity contribution in [2.24, 2.45) is 5.11 Å². The summed E-state index contributed by atoms with van der Waals surface area (Å²) >= 11 is 0. The van der Waals surface area contributed by atoms with Crippen LogP contribution in [0.4, 0.5) is 0 Å². The number of carbonyl (C=O) groups excluding carboxylic acids is 1. The highest BCUT2D eigenvalue weighted by Gasteiger charge is 2.19. The first-order valence-corrected chi connectivity index (χ1v) is 6.92. The number of nitrogens with zero attached hydrogens (tertiary/aromatic N) is 5. The molecule has 0 saturated heterocycles. The number of aromatic nitrogens is 2. The van der Waals surface area contributed by atoms with E-state index in [0.29, 0.717) is 11.4 Å². The van der Waals surface area contributed by atoms with Crippen LogP contribution in [0.15, 0.2) is 46.4 Å². The SMILES string of the molecule is COC(Cn1c(-c2ccccc2)ncc(C(=O)N=[N+]=[N-])c1=O)OC. The normalized spacial score (nSPS) is 10.5. The van der Waals surface area contributed by atoms with Crippen LogP contribution in [0.3, 0.4) is 0 Å². The average Bonchev–Trinajstić information content (AvgIpc) is 2.61. The van der Waals surface area contributed by atoms with Crippen molar-refractivity contribution in [1.29, 1.82) is 0 Å². The number of amides is 1. The zero-order chi connectivity index (χ0) is 17.5. The Morgan fingerprint density at radius 3 is 2.58 bits per heavy atom. The van der Waals surface area contributed by atoms with Crippen molar-refractivity contribution in [3.8, 4) is 11.4 Å². The Balaban J connectivity index is 2.63. The van der Waals surface area contributed by atoms with E-state index in [1.807, 2.05) is 6.07 Å². The monoisotopic (exact) mass is 329 g/mol. The number of methoxy groups -OCH3 is 2. The smallest absolute Gasteiger partial charge is 0.265 e. The molecule has 124 valence electrons. The first-order valence-electron chi connectivity index (χ1n) is 6.92. The second-order valence-corrected chi connectivity index (χ2v) is 4.67. The average molecular weight is 329 g/mol. The van der Waals surface area contributed by atoms with Gasteiger partial charge in [-0.2, -0.15) is 0 Å². The first kappa shape index (κ1) is 17.4. The summed E-state index contributed by atoms with van der Waals surface area (Å²) in [5.74, 6) is -0.646. The molecule has 0 aliphatic carbocycles. The van der Waals surface area contributed by atoms with Gasteiger partial charge in [0.1, 0.15) is 11.4 Å². The predicted molar refractivity (Wildman–Crippen MR) is 85.2 cm³/mol. The van der Waals surface area contributed by atoms with Gasteiger partial charge >= 0.3 is 0 Å². The summed E-state index contributed by atoms with van der Waals surface area (Å²) < 4.78 is 11.5. The third-order valence-corrected chi connectivity index (χ3v) is 3.30. The molecular weight excluding hydrogens is 314 g/mol. The van der Waals surface area contributed by atoms with E-state index in [1.54, 1.807) is 24.3 Å². The minimum absolute atomic E-state index is 0.0143. The molecular formula is C15H15N5O4. The van der Waals surface area contributed by atoms with E-state index in [9.17, 15) is 9.59 Å². The Hall–Kier alpha value is -3.00. The molecule has 1 heterocycles. The van der Waals surface area contributed by atoms with Gasteiger partial charge in [0.15, 0.2) is 6.29 Å². The zero-order valence-corrected chi connectivity index (χ0v) is 13.1. The van der Waals surface area contributed by atoms with Crippen LogP contribution in [-0.2, 0) is 16.0 Å². The first-order chi connectivity index (χ1) is 11.6. The van der Waals surface area contributed by atoms with Gasteiger partial charge in [-0.15, -0.1) is 0 Å². The van der Waals surface area contributed by atoms with Crippen LogP contribution >= 0.6 is 0 Å². The highest BCUT2D eigenvalue weighted by molar-refractivity contribution is 5.94. The van der Waals surface area contributed by atoms with Crippen LogP contribution in [-0.4, -0.2) is 36.0 Å². The van der Waals surface area contributed by atoms with Gasteiger partial charge in [-0.25, -0.2) is 4.98 Å². The Morgan fingerprint density at radius 2 is 2.00 bits per heavy atom. The number of benzene rings is 1. The predicted octanol–water partition coefficient (Wildman–Crippen LogP) is 1.98. The number of ether oxygens (including phenoxy) is 2. The van der Waals surface area contributed by atoms with E-state index >= 15 is 0 Å². The van der Waals surface area contributed by atoms with Crippen molar-refractivity contribution >= 4 is 5.91 Å². The summed E-state index contributed by atoms with van der Waals surface area (Å²) in [6.45, 7) is 0.0143. The number of carbonyl (C=O) groups is 1. The lowest BCUT2D eigenvalue weighted by molar-refractivity contribution is -0.111. The van der Waals surface area contributed by atoms with Crippen LogP contribution in [0.5, 0.6) is 0 Å². The molecule has 0 N–H and O–H groups in total. The molecule has 24 heavy (non-hydrogen) atoms. The molecule has 1 amide bonds. The molecule has 0 aliphatic rings. The van der Waals surface area contributed by atoms with Gasteiger partial charge in [0.25, 0.3) is 11.5 Å². The molecule has 0 fully saturated rings. The topological polar surface area (TPSA) is 119 Å². The molecule has 1 aromatic heterocycles. The maximum absolute atomic E-state index is 12.7. The molecule has 0 spiro atoms. The molecule has 0 unspecified atom stereocenters. The third-order valence-electron chi connectivity index (χ3n) is 3.30. The molecule has 1 aromatic carbocycles. The quantitative estimate of drug-likeness (QED) is 0.347. The minimum Gasteiger partial charge on any atom is -0.354 e. The second kappa shape index (κ2) is 8.02. The molecule has 2 rings (SSSR count). The van der Waals surface area contributed by atoms with Gasteiger partial charge in [-0.3, -0.25) is 14.2 Å². The summed E-state index contributed by atoms with van der Waals surface area (Å²) in [4.78, 5) is 31.0. The van der Waals surface area contributed by atoms with Crippen LogP contribution in [0.25, 0.3) is 21.8 Å². The van der Waals surface area contributed by atoms with Crippen molar-refractivity contribution in [3.05, 3.63) is 62.9 Å². The van der Waals surface area contributed by atoms with E-state index in [2.05, 4.69) is 15.0 Å². The maximum atomic E-state index is 12.7. The van der Waals surface area contributed by atoms with E-state index < -0.39 is 17.8 Å². The van der Waals surface area contributed by atoms with Gasteiger partial charge < -0.3 is 9.47 Å². The number of hydrogen-bond acceptors (Lipinski definition) is 5. The molecule has 0 atom stereocenters. The highest BCUT2D eigenvalue weighted by atomic mass is 16.7. The van der Waals surface area contributed by atoms with Crippen molar-refractivity contribution in [2.45, 2.75) is 12.8 Å². The summed E-state index contributed by atoms with van der Waals surface area (Å²) in [6, 6.07) is 8.99. The number of rotatable bonds is 6. The van der Waals surface area contributed by atoms with Crippen LogP contribution in [0.2, 0.25) is 0 Å². The van der Waals surface area contributed by atoms with E-state index in [-0.39, 0.29) is 12.1 Å². The fourth-order valence-corrected chi connectivity index (χ4v) is 2.11. The lowest BCUT2D eigenvalue weighted by Gasteiger charge is -2.18. The molecule has 0 bridgehead atoms. The Kier molecular flexibility index (Phi) is 5.80. The molecule has 0 radical (unpaired) electrons. The summed E-state index contributed by atoms with van der Waals surface area (Å²) in [6.07, 6.45) is 0.393. The van der Waals surface area contributed by atoms with Gasteiger partial charge in [-0.1, -0.05) is 30.3 Å². The molecule has 2 aromatic rings. The van der Waals surface area contributed by atoms with Gasteiger partial charge in [0.05, 0.1) is 6.54 Å². The fourth-order valence-electron chi connectivity index (χ4n) is 2.11. The highest BCUT2D eigenvalue weighted by Crippen LogP contribution is 2.16. The van der Waals surface area contributed by atoms with Crippen molar-refractivity contribution in [3.63, 3.8) is 0 Å². The van der Waals surface area contributed by atoms with E-state index in [0.717, 1.165) is 6.20 Å².